The maximum Gasteiger partial charge on any atom is 0.265 e. The molecule has 144 valence electrons. The lowest BCUT2D eigenvalue weighted by Gasteiger charge is -2.20. The zero-order valence-corrected chi connectivity index (χ0v) is 16.9. The first-order chi connectivity index (χ1) is 12.6. The van der Waals surface area contributed by atoms with Gasteiger partial charge in [0.1, 0.15) is 5.75 Å². The van der Waals surface area contributed by atoms with Crippen LogP contribution < -0.4 is 15.0 Å². The Bertz CT molecular complexity index is 807. The molecule has 0 aromatic heterocycles. The van der Waals surface area contributed by atoms with E-state index in [1.165, 1.54) is 17.4 Å². The van der Waals surface area contributed by atoms with Gasteiger partial charge in [-0.2, -0.15) is 0 Å². The number of anilines is 2. The third-order valence-electron chi connectivity index (χ3n) is 4.38. The van der Waals surface area contributed by atoms with Crippen molar-refractivity contribution < 1.29 is 14.3 Å². The molecule has 5 heteroatoms. The highest BCUT2D eigenvalue weighted by Crippen LogP contribution is 2.25. The van der Waals surface area contributed by atoms with Gasteiger partial charge in [0.2, 0.25) is 5.91 Å². The van der Waals surface area contributed by atoms with Gasteiger partial charge in [0, 0.05) is 25.3 Å². The average Bonchev–Trinajstić information content (AvgIpc) is 2.60. The first-order valence-corrected chi connectivity index (χ1v) is 9.00. The molecular formula is C22H28N2O3. The lowest BCUT2D eigenvalue weighted by atomic mass is 9.87. The van der Waals surface area contributed by atoms with Gasteiger partial charge in [-0.05, 0) is 48.2 Å². The molecule has 0 spiro atoms. The smallest absolute Gasteiger partial charge is 0.265 e. The molecule has 0 saturated carbocycles. The molecule has 0 radical (unpaired) electrons. The molecule has 0 aliphatic heterocycles. The van der Waals surface area contributed by atoms with Crippen LogP contribution >= 0.6 is 0 Å². The van der Waals surface area contributed by atoms with Crippen molar-refractivity contribution in [2.24, 2.45) is 0 Å². The molecule has 2 aromatic carbocycles. The highest BCUT2D eigenvalue weighted by molar-refractivity contribution is 5.96. The van der Waals surface area contributed by atoms with Crippen LogP contribution in [-0.4, -0.2) is 25.0 Å². The third kappa shape index (κ3) is 5.58. The Morgan fingerprint density at radius 2 is 1.70 bits per heavy atom. The van der Waals surface area contributed by atoms with Gasteiger partial charge in [0.25, 0.3) is 5.91 Å². The van der Waals surface area contributed by atoms with Crippen LogP contribution in [0.5, 0.6) is 5.75 Å². The summed E-state index contributed by atoms with van der Waals surface area (Å²) in [5, 5.41) is 2.83. The van der Waals surface area contributed by atoms with Crippen molar-refractivity contribution in [2.75, 3.05) is 17.3 Å². The second-order valence-electron chi connectivity index (χ2n) is 7.65. The fourth-order valence-corrected chi connectivity index (χ4v) is 2.51. The standard InChI is InChI=1S/C22H28N2O3/c1-15(27-20-12-10-17(11-13-20)22(3,4)5)21(26)23-18-8-7-9-19(14-18)24(6)16(2)25/h7-15H,1-6H3,(H,23,26). The van der Waals surface area contributed by atoms with Gasteiger partial charge in [-0.3, -0.25) is 9.59 Å². The van der Waals surface area contributed by atoms with Crippen LogP contribution in [0.3, 0.4) is 0 Å². The molecule has 2 aromatic rings. The number of ether oxygens (including phenoxy) is 1. The first kappa shape index (κ1) is 20.5. The SMILES string of the molecule is CC(=O)N(C)c1cccc(NC(=O)C(C)Oc2ccc(C(C)(C)C)cc2)c1. The Balaban J connectivity index is 2.01. The molecule has 0 saturated heterocycles. The molecule has 0 aliphatic rings. The Hall–Kier alpha value is -2.82. The van der Waals surface area contributed by atoms with E-state index in [-0.39, 0.29) is 17.2 Å². The fourth-order valence-electron chi connectivity index (χ4n) is 2.51. The maximum atomic E-state index is 12.4. The third-order valence-corrected chi connectivity index (χ3v) is 4.38. The van der Waals surface area contributed by atoms with Crippen molar-refractivity contribution in [1.29, 1.82) is 0 Å². The molecule has 1 atom stereocenters. The summed E-state index contributed by atoms with van der Waals surface area (Å²) in [7, 11) is 1.69. The van der Waals surface area contributed by atoms with E-state index < -0.39 is 6.10 Å². The van der Waals surface area contributed by atoms with E-state index in [0.29, 0.717) is 17.1 Å². The Labute approximate surface area is 161 Å². The predicted molar refractivity (Wildman–Crippen MR) is 109 cm³/mol. The molecule has 0 bridgehead atoms. The summed E-state index contributed by atoms with van der Waals surface area (Å²) in [6, 6.07) is 14.9. The van der Waals surface area contributed by atoms with Gasteiger partial charge >= 0.3 is 0 Å². The van der Waals surface area contributed by atoms with Crippen LogP contribution in [0.15, 0.2) is 48.5 Å². The number of nitrogens with zero attached hydrogens (tertiary/aromatic N) is 1. The summed E-state index contributed by atoms with van der Waals surface area (Å²) in [6.45, 7) is 9.65. The summed E-state index contributed by atoms with van der Waals surface area (Å²) in [5.41, 5.74) is 2.61. The minimum Gasteiger partial charge on any atom is -0.481 e. The molecule has 0 aliphatic carbocycles. The zero-order valence-electron chi connectivity index (χ0n) is 16.9. The van der Waals surface area contributed by atoms with E-state index in [9.17, 15) is 9.59 Å². The highest BCUT2D eigenvalue weighted by atomic mass is 16.5. The van der Waals surface area contributed by atoms with Crippen LogP contribution in [0.4, 0.5) is 11.4 Å². The fraction of sp³-hybridized carbons (Fsp3) is 0.364. The van der Waals surface area contributed by atoms with E-state index in [0.717, 1.165) is 0 Å². The Morgan fingerprint density at radius 1 is 1.07 bits per heavy atom. The van der Waals surface area contributed by atoms with Crippen LogP contribution in [0.2, 0.25) is 0 Å². The van der Waals surface area contributed by atoms with Crippen LogP contribution in [-0.2, 0) is 15.0 Å². The zero-order chi connectivity index (χ0) is 20.2. The van der Waals surface area contributed by atoms with Crippen molar-refractivity contribution in [3.63, 3.8) is 0 Å². The Kier molecular flexibility index (Phi) is 6.26. The molecule has 2 rings (SSSR count). The molecule has 1 N–H and O–H groups in total. The second kappa shape index (κ2) is 8.25. The van der Waals surface area contributed by atoms with E-state index >= 15 is 0 Å². The van der Waals surface area contributed by atoms with Crippen LogP contribution in [0.1, 0.15) is 40.2 Å². The predicted octanol–water partition coefficient (Wildman–Crippen LogP) is 4.37. The normalized spacial score (nSPS) is 12.2. The summed E-state index contributed by atoms with van der Waals surface area (Å²) in [5.74, 6) is 0.321. The van der Waals surface area contributed by atoms with Gasteiger partial charge < -0.3 is 15.0 Å². The van der Waals surface area contributed by atoms with Crippen LogP contribution in [0, 0.1) is 0 Å². The number of hydrogen-bond acceptors (Lipinski definition) is 3. The molecule has 1 unspecified atom stereocenters. The van der Waals surface area contributed by atoms with Gasteiger partial charge in [-0.15, -0.1) is 0 Å². The van der Waals surface area contributed by atoms with Crippen molar-refractivity contribution >= 4 is 23.2 Å². The van der Waals surface area contributed by atoms with Crippen molar-refractivity contribution in [1.82, 2.24) is 0 Å². The summed E-state index contributed by atoms with van der Waals surface area (Å²) >= 11 is 0. The van der Waals surface area contributed by atoms with Crippen molar-refractivity contribution in [3.05, 3.63) is 54.1 Å². The minimum atomic E-state index is -0.653. The lowest BCUT2D eigenvalue weighted by molar-refractivity contribution is -0.122. The maximum absolute atomic E-state index is 12.4. The number of carbonyl (C=O) groups is 2. The van der Waals surface area contributed by atoms with Gasteiger partial charge in [0.05, 0.1) is 0 Å². The highest BCUT2D eigenvalue weighted by Gasteiger charge is 2.17. The minimum absolute atomic E-state index is 0.0690. The lowest BCUT2D eigenvalue weighted by Crippen LogP contribution is -2.30. The average molecular weight is 368 g/mol. The molecule has 0 heterocycles. The monoisotopic (exact) mass is 368 g/mol. The summed E-state index contributed by atoms with van der Waals surface area (Å²) < 4.78 is 5.76. The number of nitrogens with one attached hydrogen (secondary N) is 1. The number of amides is 2. The molecule has 5 nitrogen and oxygen atoms in total. The summed E-state index contributed by atoms with van der Waals surface area (Å²) in [4.78, 5) is 25.5. The van der Waals surface area contributed by atoms with E-state index in [2.05, 4.69) is 26.1 Å². The molecule has 27 heavy (non-hydrogen) atoms. The number of hydrogen-bond donors (Lipinski definition) is 1. The van der Waals surface area contributed by atoms with E-state index in [1.54, 1.807) is 32.2 Å². The Morgan fingerprint density at radius 3 is 2.26 bits per heavy atom. The molecule has 0 fully saturated rings. The summed E-state index contributed by atoms with van der Waals surface area (Å²) in [6.07, 6.45) is -0.653. The van der Waals surface area contributed by atoms with Crippen molar-refractivity contribution in [2.45, 2.75) is 46.1 Å². The number of carbonyl (C=O) groups excluding carboxylic acids is 2. The van der Waals surface area contributed by atoms with Crippen LogP contribution in [0.25, 0.3) is 0 Å². The molecule has 2 amide bonds. The van der Waals surface area contributed by atoms with Gasteiger partial charge in [-0.25, -0.2) is 0 Å². The largest absolute Gasteiger partial charge is 0.481 e. The van der Waals surface area contributed by atoms with Gasteiger partial charge in [0.15, 0.2) is 6.10 Å². The molecular weight excluding hydrogens is 340 g/mol. The van der Waals surface area contributed by atoms with Gasteiger partial charge in [-0.1, -0.05) is 39.0 Å². The number of benzene rings is 2. The quantitative estimate of drug-likeness (QED) is 0.852. The van der Waals surface area contributed by atoms with E-state index in [1.807, 2.05) is 30.3 Å². The topological polar surface area (TPSA) is 58.6 Å². The van der Waals surface area contributed by atoms with E-state index in [4.69, 9.17) is 4.74 Å². The van der Waals surface area contributed by atoms with Crippen molar-refractivity contribution in [3.8, 4) is 5.75 Å². The second-order valence-corrected chi connectivity index (χ2v) is 7.65. The first-order valence-electron chi connectivity index (χ1n) is 9.00. The number of rotatable bonds is 5.